The molecule has 0 unspecified atom stereocenters. The second kappa shape index (κ2) is 5.19. The second-order valence-electron chi connectivity index (χ2n) is 7.98. The van der Waals surface area contributed by atoms with E-state index in [0.29, 0.717) is 24.0 Å². The van der Waals surface area contributed by atoms with E-state index in [1.54, 1.807) is 0 Å². The van der Waals surface area contributed by atoms with Gasteiger partial charge in [-0.15, -0.1) is 0 Å². The molecule has 0 aliphatic heterocycles. The summed E-state index contributed by atoms with van der Waals surface area (Å²) in [5, 5.41) is 21.3. The van der Waals surface area contributed by atoms with Gasteiger partial charge in [0, 0.05) is 17.0 Å². The van der Waals surface area contributed by atoms with E-state index in [1.165, 1.54) is 24.3 Å². The van der Waals surface area contributed by atoms with Crippen LogP contribution in [0.15, 0.2) is 47.6 Å². The van der Waals surface area contributed by atoms with E-state index >= 15 is 0 Å². The van der Waals surface area contributed by atoms with Crippen molar-refractivity contribution < 1.29 is 19.8 Å². The summed E-state index contributed by atoms with van der Waals surface area (Å²) in [5.41, 5.74) is 0.817. The molecule has 0 heterocycles. The average Bonchev–Trinajstić information content (AvgIpc) is 2.73. The monoisotopic (exact) mass is 350 g/mol. The van der Waals surface area contributed by atoms with Crippen LogP contribution in [0.4, 0.5) is 0 Å². The summed E-state index contributed by atoms with van der Waals surface area (Å²) in [7, 11) is 0. The highest BCUT2D eigenvalue weighted by atomic mass is 16.3. The maximum absolute atomic E-state index is 13.3. The molecule has 3 aliphatic rings. The van der Waals surface area contributed by atoms with E-state index in [4.69, 9.17) is 0 Å². The Balaban J connectivity index is 2.15. The highest BCUT2D eigenvalue weighted by Gasteiger charge is 2.71. The lowest BCUT2D eigenvalue weighted by Crippen LogP contribution is -2.57. The fourth-order valence-corrected chi connectivity index (χ4v) is 5.33. The Hall–Kier alpha value is -2.62. The van der Waals surface area contributed by atoms with Crippen molar-refractivity contribution in [2.45, 2.75) is 44.9 Å². The molecule has 0 saturated carbocycles. The molecule has 0 radical (unpaired) electrons. The first-order valence-corrected chi connectivity index (χ1v) is 8.88. The SMILES string of the molecule is CC(C)=CC[C@@]12C(=O)C=CC(=O)[C@]13CC(C)=C[C@H]2c1c(O)ccc(O)c13. The molecule has 1 aromatic carbocycles. The van der Waals surface area contributed by atoms with Crippen LogP contribution in [0.5, 0.6) is 11.5 Å². The topological polar surface area (TPSA) is 74.6 Å². The molecule has 3 aliphatic carbocycles. The number of phenolic OH excluding ortho intramolecular Hbond substituents is 2. The number of phenols is 2. The predicted octanol–water partition coefficient (Wildman–Crippen LogP) is 3.83. The number of hydrogen-bond acceptors (Lipinski definition) is 4. The van der Waals surface area contributed by atoms with Gasteiger partial charge in [0.05, 0.1) is 10.8 Å². The Morgan fingerprint density at radius 2 is 1.81 bits per heavy atom. The molecule has 2 N–H and O–H groups in total. The molecule has 26 heavy (non-hydrogen) atoms. The summed E-state index contributed by atoms with van der Waals surface area (Å²) in [5.74, 6) is -0.716. The molecule has 0 fully saturated rings. The van der Waals surface area contributed by atoms with Gasteiger partial charge in [-0.25, -0.2) is 0 Å². The van der Waals surface area contributed by atoms with Crippen LogP contribution in [0, 0.1) is 5.41 Å². The molecule has 4 rings (SSSR count). The fourth-order valence-electron chi connectivity index (χ4n) is 5.33. The zero-order chi connectivity index (χ0) is 18.9. The van der Waals surface area contributed by atoms with Crippen LogP contribution in [0.25, 0.3) is 0 Å². The Labute approximate surface area is 152 Å². The maximum Gasteiger partial charge on any atom is 0.167 e. The summed E-state index contributed by atoms with van der Waals surface area (Å²) in [6.07, 6.45) is 7.47. The fraction of sp³-hybridized carbons (Fsp3) is 0.364. The van der Waals surface area contributed by atoms with E-state index in [9.17, 15) is 19.8 Å². The second-order valence-corrected chi connectivity index (χ2v) is 7.98. The van der Waals surface area contributed by atoms with Crippen LogP contribution < -0.4 is 0 Å². The highest BCUT2D eigenvalue weighted by molar-refractivity contribution is 6.17. The van der Waals surface area contributed by atoms with Crippen molar-refractivity contribution in [1.29, 1.82) is 0 Å². The van der Waals surface area contributed by atoms with Gasteiger partial charge in [-0.3, -0.25) is 9.59 Å². The van der Waals surface area contributed by atoms with Crippen molar-refractivity contribution in [3.8, 4) is 11.5 Å². The van der Waals surface area contributed by atoms with E-state index < -0.39 is 16.7 Å². The summed E-state index contributed by atoms with van der Waals surface area (Å²) in [4.78, 5) is 26.6. The zero-order valence-electron chi connectivity index (χ0n) is 15.2. The van der Waals surface area contributed by atoms with Crippen LogP contribution in [-0.2, 0) is 15.0 Å². The van der Waals surface area contributed by atoms with Gasteiger partial charge in [0.15, 0.2) is 11.6 Å². The molecule has 3 atom stereocenters. The van der Waals surface area contributed by atoms with Crippen molar-refractivity contribution in [3.63, 3.8) is 0 Å². The van der Waals surface area contributed by atoms with Crippen molar-refractivity contribution in [1.82, 2.24) is 0 Å². The number of carbonyl (C=O) groups is 2. The van der Waals surface area contributed by atoms with Crippen LogP contribution >= 0.6 is 0 Å². The molecule has 2 bridgehead atoms. The number of allylic oxidation sites excluding steroid dienone is 6. The lowest BCUT2D eigenvalue weighted by atomic mass is 9.49. The Bertz CT molecular complexity index is 945. The smallest absolute Gasteiger partial charge is 0.167 e. The third-order valence-electron chi connectivity index (χ3n) is 6.30. The summed E-state index contributed by atoms with van der Waals surface area (Å²) >= 11 is 0. The average molecular weight is 350 g/mol. The lowest BCUT2D eigenvalue weighted by Gasteiger charge is -2.50. The number of benzene rings is 1. The van der Waals surface area contributed by atoms with E-state index in [1.807, 2.05) is 32.9 Å². The van der Waals surface area contributed by atoms with Gasteiger partial charge >= 0.3 is 0 Å². The van der Waals surface area contributed by atoms with Crippen LogP contribution in [0.1, 0.15) is 50.7 Å². The van der Waals surface area contributed by atoms with Crippen molar-refractivity contribution >= 4 is 11.6 Å². The number of carbonyl (C=O) groups excluding carboxylic acids is 2. The molecule has 4 nitrogen and oxygen atoms in total. The van der Waals surface area contributed by atoms with E-state index in [0.717, 1.165) is 11.1 Å². The Morgan fingerprint density at radius 1 is 1.15 bits per heavy atom. The van der Waals surface area contributed by atoms with E-state index in [-0.39, 0.29) is 23.1 Å². The normalized spacial score (nSPS) is 31.3. The number of fused-ring (bicyclic) bond motifs is 2. The van der Waals surface area contributed by atoms with Gasteiger partial charge in [-0.05, 0) is 57.9 Å². The van der Waals surface area contributed by atoms with Gasteiger partial charge in [-0.2, -0.15) is 0 Å². The molecule has 0 saturated heterocycles. The van der Waals surface area contributed by atoms with Gasteiger partial charge in [0.2, 0.25) is 0 Å². The first-order chi connectivity index (χ1) is 12.3. The molecule has 0 spiro atoms. The van der Waals surface area contributed by atoms with Crippen LogP contribution in [0.2, 0.25) is 0 Å². The quantitative estimate of drug-likeness (QED) is 0.628. The minimum Gasteiger partial charge on any atom is -0.508 e. The van der Waals surface area contributed by atoms with Crippen molar-refractivity contribution in [3.05, 3.63) is 58.7 Å². The number of rotatable bonds is 2. The summed E-state index contributed by atoms with van der Waals surface area (Å²) < 4.78 is 0. The van der Waals surface area contributed by atoms with Crippen LogP contribution in [-0.4, -0.2) is 21.8 Å². The summed E-state index contributed by atoms with van der Waals surface area (Å²) in [6, 6.07) is 2.86. The zero-order valence-corrected chi connectivity index (χ0v) is 15.2. The minimum absolute atomic E-state index is 0.0265. The molecule has 0 amide bonds. The predicted molar refractivity (Wildman–Crippen MR) is 98.2 cm³/mol. The standard InChI is InChI=1S/C22H22O4/c1-12(2)8-9-21-14-10-13(3)11-22(21,18(26)7-6-17(21)25)20-16(24)5-4-15(23)19(14)20/h4-8,10,14,23-24H,9,11H2,1-3H3/t14-,21+,22-/m0/s1. The number of hydrogen-bond donors (Lipinski definition) is 2. The van der Waals surface area contributed by atoms with Gasteiger partial charge < -0.3 is 10.2 Å². The Kier molecular flexibility index (Phi) is 3.36. The number of ketones is 2. The molecular formula is C22H22O4. The Morgan fingerprint density at radius 3 is 2.50 bits per heavy atom. The summed E-state index contributed by atoms with van der Waals surface area (Å²) in [6.45, 7) is 5.86. The third kappa shape index (κ3) is 1.74. The highest BCUT2D eigenvalue weighted by Crippen LogP contribution is 2.71. The molecule has 134 valence electrons. The van der Waals surface area contributed by atoms with Crippen LogP contribution in [0.3, 0.4) is 0 Å². The number of aromatic hydroxyl groups is 2. The molecule has 0 aromatic heterocycles. The largest absolute Gasteiger partial charge is 0.508 e. The molecule has 1 aromatic rings. The minimum atomic E-state index is -1.16. The van der Waals surface area contributed by atoms with Crippen molar-refractivity contribution in [2.75, 3.05) is 0 Å². The lowest BCUT2D eigenvalue weighted by molar-refractivity contribution is -0.139. The first kappa shape index (κ1) is 16.8. The van der Waals surface area contributed by atoms with E-state index in [2.05, 4.69) is 0 Å². The van der Waals surface area contributed by atoms with Crippen molar-refractivity contribution in [2.24, 2.45) is 5.41 Å². The maximum atomic E-state index is 13.3. The van der Waals surface area contributed by atoms with Gasteiger partial charge in [0.1, 0.15) is 11.5 Å². The van der Waals surface area contributed by atoms with Gasteiger partial charge in [-0.1, -0.05) is 23.3 Å². The molecular weight excluding hydrogens is 328 g/mol. The first-order valence-electron chi connectivity index (χ1n) is 8.88. The van der Waals surface area contributed by atoms with Gasteiger partial charge in [0.25, 0.3) is 0 Å². The third-order valence-corrected chi connectivity index (χ3v) is 6.30. The molecule has 4 heteroatoms.